The second-order valence-electron chi connectivity index (χ2n) is 7.14. The van der Waals surface area contributed by atoms with Crippen molar-refractivity contribution < 1.29 is 61.4 Å². The van der Waals surface area contributed by atoms with E-state index >= 15 is 0 Å². The fraction of sp³-hybridized carbons (Fsp3) is 0.571. The Morgan fingerprint density at radius 3 is 2.31 bits per heavy atom. The zero-order valence-corrected chi connectivity index (χ0v) is 21.1. The Hall–Kier alpha value is -1.18. The molecule has 1 aliphatic heterocycles. The van der Waals surface area contributed by atoms with Crippen LogP contribution in [0.5, 0.6) is 0 Å². The summed E-state index contributed by atoms with van der Waals surface area (Å²) in [6, 6.07) is 0.982. The highest BCUT2D eigenvalue weighted by Gasteiger charge is 2.59. The van der Waals surface area contributed by atoms with Crippen molar-refractivity contribution in [2.75, 3.05) is 6.61 Å². The van der Waals surface area contributed by atoms with Crippen molar-refractivity contribution in [3.63, 3.8) is 0 Å². The molecule has 7 atom stereocenters. The van der Waals surface area contributed by atoms with Crippen LogP contribution in [0.4, 0.5) is 0 Å². The molecule has 7 N–H and O–H groups in total. The van der Waals surface area contributed by atoms with Crippen molar-refractivity contribution in [1.29, 1.82) is 0 Å². The molecular formula is C14H20ClN2O15P3. The van der Waals surface area contributed by atoms with E-state index in [9.17, 15) is 43.3 Å². The molecule has 0 aliphatic carbocycles. The van der Waals surface area contributed by atoms with Crippen molar-refractivity contribution in [3.8, 4) is 11.3 Å². The Bertz CT molecular complexity index is 1280. The lowest BCUT2D eigenvalue weighted by molar-refractivity contribution is -0.0877. The normalized spacial score (nSPS) is 29.0. The monoisotopic (exact) mass is 584 g/mol. The molecule has 1 fully saturated rings. The van der Waals surface area contributed by atoms with Gasteiger partial charge in [0.1, 0.15) is 0 Å². The van der Waals surface area contributed by atoms with Crippen LogP contribution in [-0.4, -0.2) is 63.8 Å². The van der Waals surface area contributed by atoms with Crippen LogP contribution in [0.25, 0.3) is 0 Å². The van der Waals surface area contributed by atoms with Crippen molar-refractivity contribution in [1.82, 2.24) is 9.55 Å². The molecule has 1 saturated heterocycles. The maximum absolute atomic E-state index is 12.4. The predicted octanol–water partition coefficient (Wildman–Crippen LogP) is -0.986. The van der Waals surface area contributed by atoms with Crippen LogP contribution >= 0.6 is 35.1 Å². The number of aliphatic hydroxyl groups is 2. The first-order valence-corrected chi connectivity index (χ1v) is 14.0. The molecule has 198 valence electrons. The van der Waals surface area contributed by atoms with E-state index in [2.05, 4.69) is 19.1 Å². The number of nitrogens with zero attached hydrogens (tertiary/aromatic N) is 1. The Balaban J connectivity index is 2.43. The van der Waals surface area contributed by atoms with Crippen LogP contribution in [0.1, 0.15) is 18.8 Å². The lowest BCUT2D eigenvalue weighted by atomic mass is 9.84. The van der Waals surface area contributed by atoms with Gasteiger partial charge in [-0.05, 0) is 31.4 Å². The maximum Gasteiger partial charge on any atom is 0.490 e. The predicted molar refractivity (Wildman–Crippen MR) is 114 cm³/mol. The molecule has 2 heterocycles. The quantitative estimate of drug-likeness (QED) is 0.136. The van der Waals surface area contributed by atoms with Crippen LogP contribution < -0.4 is 11.2 Å². The largest absolute Gasteiger partial charge is 0.490 e. The summed E-state index contributed by atoms with van der Waals surface area (Å²) in [6.07, 6.45) is -5.03. The maximum atomic E-state index is 12.4. The lowest BCUT2D eigenvalue weighted by Crippen LogP contribution is -2.47. The molecule has 1 aromatic heterocycles. The van der Waals surface area contributed by atoms with Gasteiger partial charge in [0.05, 0.1) is 24.7 Å². The van der Waals surface area contributed by atoms with Crippen LogP contribution in [-0.2, 0) is 31.6 Å². The van der Waals surface area contributed by atoms with Gasteiger partial charge in [-0.2, -0.15) is 8.62 Å². The second-order valence-corrected chi connectivity index (χ2v) is 11.7. The SMILES string of the molecule is Cc1cc(=O)[nH]c(=O)n1[C@@H]1O[C@H]([C@H](C)OP(=O)(O)OP(=O)(O)OP(=O)(O)O)C(CO)C1(O)C#CCl. The van der Waals surface area contributed by atoms with Crippen molar-refractivity contribution in [2.45, 2.75) is 37.9 Å². The number of H-pyrrole nitrogens is 1. The number of hydrogen-bond acceptors (Lipinski definition) is 11. The summed E-state index contributed by atoms with van der Waals surface area (Å²) in [4.78, 5) is 62.2. The summed E-state index contributed by atoms with van der Waals surface area (Å²) >= 11 is 5.43. The molecule has 0 aromatic carbocycles. The molecule has 0 radical (unpaired) electrons. The molecule has 0 amide bonds. The third-order valence-corrected chi connectivity index (χ3v) is 8.67. The first-order valence-electron chi connectivity index (χ1n) is 9.12. The Kier molecular flexibility index (Phi) is 9.16. The van der Waals surface area contributed by atoms with E-state index in [-0.39, 0.29) is 5.69 Å². The number of nitrogens with one attached hydrogen (secondary N) is 1. The minimum Gasteiger partial charge on any atom is -0.396 e. The second kappa shape index (κ2) is 10.7. The average Bonchev–Trinajstić information content (AvgIpc) is 2.90. The third-order valence-electron chi connectivity index (χ3n) is 4.65. The van der Waals surface area contributed by atoms with Gasteiger partial charge in [0.25, 0.3) is 5.56 Å². The summed E-state index contributed by atoms with van der Waals surface area (Å²) in [5, 5.41) is 23.0. The molecule has 0 bridgehead atoms. The van der Waals surface area contributed by atoms with Crippen molar-refractivity contribution >= 4 is 35.1 Å². The van der Waals surface area contributed by atoms with Crippen molar-refractivity contribution in [3.05, 3.63) is 32.6 Å². The van der Waals surface area contributed by atoms with E-state index in [1.54, 1.807) is 0 Å². The molecule has 21 heteroatoms. The van der Waals surface area contributed by atoms with E-state index in [0.29, 0.717) is 0 Å². The molecule has 1 aliphatic rings. The van der Waals surface area contributed by atoms with Gasteiger partial charge in [-0.15, -0.1) is 0 Å². The molecule has 0 spiro atoms. The Morgan fingerprint density at radius 1 is 1.23 bits per heavy atom. The standard InChI is InChI=1S/C14H20ClN2O15P3/c1-7-5-10(19)16-13(20)17(7)12-14(21,3-4-15)9(6-18)11(29-12)8(2)30-34(25,26)32-35(27,28)31-33(22,23)24/h5,8-9,11-12,18,21H,6H2,1-2H3,(H,25,26)(H,27,28)(H,16,19,20)(H2,22,23,24)/t8-,9?,11+,12+,14?/m0/s1. The summed E-state index contributed by atoms with van der Waals surface area (Å²) < 4.78 is 52.8. The number of aromatic nitrogens is 2. The van der Waals surface area contributed by atoms with Gasteiger partial charge in [-0.3, -0.25) is 18.9 Å². The van der Waals surface area contributed by atoms with Crippen LogP contribution in [0, 0.1) is 24.1 Å². The van der Waals surface area contributed by atoms with Gasteiger partial charge in [0.15, 0.2) is 11.8 Å². The van der Waals surface area contributed by atoms with Gasteiger partial charge >= 0.3 is 29.2 Å². The number of halogens is 1. The zero-order chi connectivity index (χ0) is 27.0. The van der Waals surface area contributed by atoms with Gasteiger partial charge in [0.2, 0.25) is 0 Å². The summed E-state index contributed by atoms with van der Waals surface area (Å²) in [5.74, 6) is 0.675. The Morgan fingerprint density at radius 2 is 1.83 bits per heavy atom. The number of hydrogen-bond donors (Lipinski definition) is 7. The highest BCUT2D eigenvalue weighted by Crippen LogP contribution is 2.66. The highest BCUT2D eigenvalue weighted by molar-refractivity contribution is 7.66. The van der Waals surface area contributed by atoms with Crippen molar-refractivity contribution in [2.24, 2.45) is 5.92 Å². The molecule has 4 unspecified atom stereocenters. The lowest BCUT2D eigenvalue weighted by Gasteiger charge is -2.30. The number of rotatable bonds is 9. The van der Waals surface area contributed by atoms with Crippen LogP contribution in [0.2, 0.25) is 0 Å². The van der Waals surface area contributed by atoms with E-state index in [4.69, 9.17) is 26.1 Å². The molecule has 1 aromatic rings. The first-order chi connectivity index (χ1) is 15.9. The number of aromatic amines is 1. The van der Waals surface area contributed by atoms with Crippen LogP contribution in [0.15, 0.2) is 15.7 Å². The molecule has 35 heavy (non-hydrogen) atoms. The number of aliphatic hydroxyl groups excluding tert-OH is 1. The minimum atomic E-state index is -5.82. The van der Waals surface area contributed by atoms with Gasteiger partial charge in [0, 0.05) is 17.1 Å². The number of ether oxygens (including phenoxy) is 1. The Labute approximate surface area is 200 Å². The van der Waals surface area contributed by atoms with Crippen LogP contribution in [0.3, 0.4) is 0 Å². The first kappa shape index (κ1) is 30.0. The summed E-state index contributed by atoms with van der Waals surface area (Å²) in [6.45, 7) is 1.42. The molecule has 2 rings (SSSR count). The van der Waals surface area contributed by atoms with E-state index in [0.717, 1.165) is 17.6 Å². The third kappa shape index (κ3) is 7.20. The number of phosphoric acid groups is 3. The zero-order valence-electron chi connectivity index (χ0n) is 17.6. The molecule has 0 saturated carbocycles. The number of aryl methyl sites for hydroxylation is 1. The minimum absolute atomic E-state index is 0.0172. The summed E-state index contributed by atoms with van der Waals surface area (Å²) in [7, 11) is -17.1. The van der Waals surface area contributed by atoms with Gasteiger partial charge in [-0.1, -0.05) is 0 Å². The smallest absolute Gasteiger partial charge is 0.396 e. The van der Waals surface area contributed by atoms with E-state index in [1.807, 2.05) is 10.4 Å². The van der Waals surface area contributed by atoms with Gasteiger partial charge in [-0.25, -0.2) is 18.5 Å². The highest BCUT2D eigenvalue weighted by atomic mass is 35.5. The summed E-state index contributed by atoms with van der Waals surface area (Å²) in [5.41, 5.74) is -4.28. The van der Waals surface area contributed by atoms with Gasteiger partial charge < -0.3 is 34.5 Å². The number of phosphoric ester groups is 1. The van der Waals surface area contributed by atoms with E-state index < -0.39 is 71.3 Å². The molecular weight excluding hydrogens is 565 g/mol. The topological polar surface area (TPSA) is 264 Å². The fourth-order valence-electron chi connectivity index (χ4n) is 3.43. The average molecular weight is 585 g/mol. The fourth-order valence-corrected chi connectivity index (χ4v) is 6.78. The molecule has 17 nitrogen and oxygen atoms in total. The van der Waals surface area contributed by atoms with E-state index in [1.165, 1.54) is 6.92 Å².